The Bertz CT molecular complexity index is 317. The van der Waals surface area contributed by atoms with Gasteiger partial charge in [0, 0.05) is 41.3 Å². The fourth-order valence-electron chi connectivity index (χ4n) is 1.31. The molecule has 1 saturated heterocycles. The van der Waals surface area contributed by atoms with Crippen LogP contribution in [0.2, 0.25) is 0 Å². The van der Waals surface area contributed by atoms with Gasteiger partial charge in [-0.2, -0.15) is 0 Å². The lowest BCUT2D eigenvalue weighted by atomic mass is 10.3. The Balaban J connectivity index is 2.06. The lowest BCUT2D eigenvalue weighted by Gasteiger charge is -2.23. The van der Waals surface area contributed by atoms with Gasteiger partial charge in [-0.3, -0.25) is 4.79 Å². The van der Waals surface area contributed by atoms with Crippen LogP contribution in [0.4, 0.5) is 0 Å². The topological polar surface area (TPSA) is 53.2 Å². The van der Waals surface area contributed by atoms with Crippen molar-refractivity contribution in [3.8, 4) is 0 Å². The Kier molecular flexibility index (Phi) is 7.53. The van der Waals surface area contributed by atoms with Gasteiger partial charge in [0.15, 0.2) is 5.11 Å². The molecule has 0 saturated carbocycles. The maximum absolute atomic E-state index is 11.2. The minimum Gasteiger partial charge on any atom is -0.361 e. The van der Waals surface area contributed by atoms with E-state index in [9.17, 15) is 4.79 Å². The molecule has 1 heterocycles. The van der Waals surface area contributed by atoms with Crippen LogP contribution in [0, 0.1) is 0 Å². The molecular formula is C11H19N3OS3. The van der Waals surface area contributed by atoms with Gasteiger partial charge in [-0.15, -0.1) is 23.5 Å². The van der Waals surface area contributed by atoms with E-state index in [1.807, 2.05) is 23.5 Å². The van der Waals surface area contributed by atoms with Gasteiger partial charge in [0.2, 0.25) is 5.91 Å². The van der Waals surface area contributed by atoms with E-state index in [2.05, 4.69) is 22.5 Å². The lowest BCUT2D eigenvalue weighted by molar-refractivity contribution is -0.117. The van der Waals surface area contributed by atoms with Gasteiger partial charge in [-0.25, -0.2) is 0 Å². The minimum absolute atomic E-state index is 0.115. The van der Waals surface area contributed by atoms with E-state index in [1.165, 1.54) is 5.08 Å². The molecule has 0 aromatic heterocycles. The van der Waals surface area contributed by atoms with Crippen LogP contribution in [-0.4, -0.2) is 46.7 Å². The van der Waals surface area contributed by atoms with Gasteiger partial charge in [0.25, 0.3) is 0 Å². The van der Waals surface area contributed by atoms with E-state index in [0.717, 1.165) is 11.5 Å². The van der Waals surface area contributed by atoms with E-state index in [0.29, 0.717) is 29.8 Å². The number of thioether (sulfide) groups is 2. The van der Waals surface area contributed by atoms with E-state index in [4.69, 9.17) is 12.2 Å². The molecule has 1 aliphatic rings. The highest BCUT2D eigenvalue weighted by Crippen LogP contribution is 2.20. The molecule has 0 aliphatic carbocycles. The van der Waals surface area contributed by atoms with Gasteiger partial charge in [-0.05, 0) is 19.1 Å². The Morgan fingerprint density at radius 3 is 2.56 bits per heavy atom. The predicted octanol–water partition coefficient (Wildman–Crippen LogP) is 0.949. The molecule has 1 amide bonds. The first-order valence-corrected chi connectivity index (χ1v) is 8.45. The van der Waals surface area contributed by atoms with Crippen LogP contribution in [-0.2, 0) is 4.79 Å². The number of carbonyl (C=O) groups excluding carboxylic acids is 1. The van der Waals surface area contributed by atoms with Crippen molar-refractivity contribution in [1.29, 1.82) is 0 Å². The second-order valence-electron chi connectivity index (χ2n) is 3.99. The largest absolute Gasteiger partial charge is 0.361 e. The summed E-state index contributed by atoms with van der Waals surface area (Å²) >= 11 is 9.05. The molecule has 1 rings (SSSR count). The second kappa shape index (κ2) is 8.66. The average molecular weight is 305 g/mol. The van der Waals surface area contributed by atoms with E-state index < -0.39 is 0 Å². The zero-order chi connectivity index (χ0) is 13.4. The standard InChI is InChI=1S/C11H19N3OS3/c1-8(2)10(15)12-3-4-13-11(16)14-9-5-17-7-18-6-9/h9H,1,3-7H2,2H3,(H,12,15)(H2,13,14,16). The van der Waals surface area contributed by atoms with Crippen LogP contribution >= 0.6 is 35.7 Å². The summed E-state index contributed by atoms with van der Waals surface area (Å²) in [4.78, 5) is 11.2. The van der Waals surface area contributed by atoms with Crippen molar-refractivity contribution in [2.24, 2.45) is 0 Å². The highest BCUT2D eigenvalue weighted by molar-refractivity contribution is 8.16. The van der Waals surface area contributed by atoms with Crippen LogP contribution in [0.25, 0.3) is 0 Å². The molecular weight excluding hydrogens is 286 g/mol. The number of hydrogen-bond donors (Lipinski definition) is 3. The Labute approximate surface area is 122 Å². The van der Waals surface area contributed by atoms with Gasteiger partial charge in [-0.1, -0.05) is 6.58 Å². The second-order valence-corrected chi connectivity index (χ2v) is 6.83. The van der Waals surface area contributed by atoms with Crippen molar-refractivity contribution in [3.05, 3.63) is 12.2 Å². The SMILES string of the molecule is C=C(C)C(=O)NCCNC(=S)NC1CSCSC1. The van der Waals surface area contributed by atoms with E-state index in [1.54, 1.807) is 6.92 Å². The molecule has 18 heavy (non-hydrogen) atoms. The molecule has 0 spiro atoms. The Hall–Kier alpha value is -0.400. The van der Waals surface area contributed by atoms with Gasteiger partial charge >= 0.3 is 0 Å². The van der Waals surface area contributed by atoms with Gasteiger partial charge in [0.05, 0.1) is 0 Å². The summed E-state index contributed by atoms with van der Waals surface area (Å²) in [5.74, 6) is 2.08. The molecule has 0 unspecified atom stereocenters. The highest BCUT2D eigenvalue weighted by Gasteiger charge is 2.14. The molecule has 0 radical (unpaired) electrons. The number of thiocarbonyl (C=S) groups is 1. The van der Waals surface area contributed by atoms with Crippen LogP contribution in [0.15, 0.2) is 12.2 Å². The van der Waals surface area contributed by atoms with Crippen molar-refractivity contribution in [3.63, 3.8) is 0 Å². The number of hydrogen-bond acceptors (Lipinski definition) is 4. The van der Waals surface area contributed by atoms with Crippen LogP contribution in [0.5, 0.6) is 0 Å². The first-order chi connectivity index (χ1) is 8.59. The molecule has 102 valence electrons. The van der Waals surface area contributed by atoms with Crippen LogP contribution in [0.1, 0.15) is 6.92 Å². The maximum atomic E-state index is 11.2. The Morgan fingerprint density at radius 2 is 1.94 bits per heavy atom. The normalized spacial score (nSPS) is 15.8. The molecule has 0 bridgehead atoms. The van der Waals surface area contributed by atoms with Gasteiger partial charge in [0.1, 0.15) is 0 Å². The summed E-state index contributed by atoms with van der Waals surface area (Å²) in [7, 11) is 0. The third kappa shape index (κ3) is 6.51. The molecule has 7 heteroatoms. The lowest BCUT2D eigenvalue weighted by Crippen LogP contribution is -2.47. The fourth-order valence-corrected chi connectivity index (χ4v) is 3.94. The number of rotatable bonds is 5. The molecule has 0 aromatic carbocycles. The van der Waals surface area contributed by atoms with Crippen LogP contribution in [0.3, 0.4) is 0 Å². The number of amides is 1. The molecule has 4 nitrogen and oxygen atoms in total. The van der Waals surface area contributed by atoms with Crippen LogP contribution < -0.4 is 16.0 Å². The first kappa shape index (κ1) is 15.7. The average Bonchev–Trinajstić information content (AvgIpc) is 2.35. The van der Waals surface area contributed by atoms with Crippen molar-refractivity contribution in [2.75, 3.05) is 29.7 Å². The Morgan fingerprint density at radius 1 is 1.33 bits per heavy atom. The highest BCUT2D eigenvalue weighted by atomic mass is 32.2. The first-order valence-electron chi connectivity index (χ1n) is 5.73. The van der Waals surface area contributed by atoms with Crippen molar-refractivity contribution >= 4 is 46.8 Å². The summed E-state index contributed by atoms with van der Waals surface area (Å²) in [6.07, 6.45) is 0. The monoisotopic (exact) mass is 305 g/mol. The number of nitrogens with one attached hydrogen (secondary N) is 3. The summed E-state index contributed by atoms with van der Waals surface area (Å²) in [6.45, 7) is 6.43. The summed E-state index contributed by atoms with van der Waals surface area (Å²) < 4.78 is 0. The zero-order valence-electron chi connectivity index (χ0n) is 10.5. The summed E-state index contributed by atoms with van der Waals surface area (Å²) in [6, 6.07) is 0.443. The quantitative estimate of drug-likeness (QED) is 0.399. The summed E-state index contributed by atoms with van der Waals surface area (Å²) in [5.41, 5.74) is 0.520. The fraction of sp³-hybridized carbons (Fsp3) is 0.636. The molecule has 1 fully saturated rings. The third-order valence-electron chi connectivity index (χ3n) is 2.22. The number of carbonyl (C=O) groups is 1. The van der Waals surface area contributed by atoms with Crippen molar-refractivity contribution in [2.45, 2.75) is 13.0 Å². The predicted molar refractivity (Wildman–Crippen MR) is 85.1 cm³/mol. The smallest absolute Gasteiger partial charge is 0.246 e. The van der Waals surface area contributed by atoms with Crippen molar-refractivity contribution in [1.82, 2.24) is 16.0 Å². The molecule has 1 aliphatic heterocycles. The minimum atomic E-state index is -0.115. The molecule has 3 N–H and O–H groups in total. The van der Waals surface area contributed by atoms with E-state index >= 15 is 0 Å². The maximum Gasteiger partial charge on any atom is 0.246 e. The van der Waals surface area contributed by atoms with Crippen molar-refractivity contribution < 1.29 is 4.79 Å². The zero-order valence-corrected chi connectivity index (χ0v) is 12.9. The third-order valence-corrected chi connectivity index (χ3v) is 5.10. The van der Waals surface area contributed by atoms with Gasteiger partial charge < -0.3 is 16.0 Å². The molecule has 0 aromatic rings. The summed E-state index contributed by atoms with van der Waals surface area (Å²) in [5, 5.41) is 10.9. The molecule has 0 atom stereocenters. The van der Waals surface area contributed by atoms with E-state index in [-0.39, 0.29) is 5.91 Å².